The Hall–Kier alpha value is -1.65. The molecule has 1 fully saturated rings. The molecular weight excluding hydrogens is 240 g/mol. The Balaban J connectivity index is 1.87. The second kappa shape index (κ2) is 6.50. The average Bonchev–Trinajstić information content (AvgIpc) is 2.33. The summed E-state index contributed by atoms with van der Waals surface area (Å²) in [5.74, 6) is 2.72. The molecule has 0 amide bonds. The van der Waals surface area contributed by atoms with Gasteiger partial charge < -0.3 is 10.2 Å². The Morgan fingerprint density at radius 1 is 1.47 bits per heavy atom. The summed E-state index contributed by atoms with van der Waals surface area (Å²) in [6.45, 7) is 3.28. The van der Waals surface area contributed by atoms with Gasteiger partial charge in [0.1, 0.15) is 23.7 Å². The van der Waals surface area contributed by atoms with E-state index in [4.69, 9.17) is 0 Å². The van der Waals surface area contributed by atoms with Crippen molar-refractivity contribution in [2.45, 2.75) is 32.6 Å². The third-order valence-electron chi connectivity index (χ3n) is 3.58. The molecule has 1 heterocycles. The number of carbonyl (C=O) groups is 1. The molecule has 0 radical (unpaired) electrons. The van der Waals surface area contributed by atoms with E-state index in [0.717, 1.165) is 24.1 Å². The van der Waals surface area contributed by atoms with Gasteiger partial charge in [-0.05, 0) is 25.7 Å². The molecule has 104 valence electrons. The van der Waals surface area contributed by atoms with Crippen molar-refractivity contribution in [1.82, 2.24) is 9.97 Å². The van der Waals surface area contributed by atoms with E-state index in [1.807, 2.05) is 6.07 Å². The summed E-state index contributed by atoms with van der Waals surface area (Å²) in [4.78, 5) is 21.5. The van der Waals surface area contributed by atoms with Gasteiger partial charge in [0.15, 0.2) is 0 Å². The lowest BCUT2D eigenvalue weighted by molar-refractivity contribution is -0.116. The van der Waals surface area contributed by atoms with Crippen molar-refractivity contribution in [1.29, 1.82) is 0 Å². The molecular formula is C14H22N4O. The smallest absolute Gasteiger partial charge is 0.133 e. The highest BCUT2D eigenvalue weighted by atomic mass is 16.1. The third kappa shape index (κ3) is 4.19. The second-order valence-electron chi connectivity index (χ2n) is 5.32. The van der Waals surface area contributed by atoms with Crippen LogP contribution in [-0.4, -0.2) is 35.9 Å². The van der Waals surface area contributed by atoms with Gasteiger partial charge in [-0.1, -0.05) is 6.42 Å². The van der Waals surface area contributed by atoms with E-state index in [2.05, 4.69) is 27.2 Å². The molecule has 1 aliphatic rings. The molecule has 1 saturated carbocycles. The SMILES string of the molecule is CC(=O)CCNc1cc(N(C)CC2CCC2)ncn1. The minimum absolute atomic E-state index is 0.184. The molecule has 0 aliphatic heterocycles. The Bertz CT molecular complexity index is 431. The molecule has 0 aromatic carbocycles. The maximum absolute atomic E-state index is 10.9. The van der Waals surface area contributed by atoms with Crippen molar-refractivity contribution >= 4 is 17.4 Å². The van der Waals surface area contributed by atoms with Crippen LogP contribution in [-0.2, 0) is 4.79 Å². The number of aromatic nitrogens is 2. The normalized spacial score (nSPS) is 14.8. The summed E-state index contributed by atoms with van der Waals surface area (Å²) in [6, 6.07) is 1.94. The number of anilines is 2. The lowest BCUT2D eigenvalue weighted by Gasteiger charge is -2.30. The average molecular weight is 262 g/mol. The van der Waals surface area contributed by atoms with Crippen LogP contribution in [0.5, 0.6) is 0 Å². The fourth-order valence-corrected chi connectivity index (χ4v) is 2.18. The first-order valence-corrected chi connectivity index (χ1v) is 6.91. The molecule has 2 rings (SSSR count). The predicted octanol–water partition coefficient (Wildman–Crippen LogP) is 2.10. The van der Waals surface area contributed by atoms with E-state index in [1.165, 1.54) is 19.3 Å². The van der Waals surface area contributed by atoms with Gasteiger partial charge in [0.2, 0.25) is 0 Å². The van der Waals surface area contributed by atoms with Gasteiger partial charge in [0, 0.05) is 32.6 Å². The summed E-state index contributed by atoms with van der Waals surface area (Å²) < 4.78 is 0. The summed E-state index contributed by atoms with van der Waals surface area (Å²) in [5.41, 5.74) is 0. The van der Waals surface area contributed by atoms with E-state index in [1.54, 1.807) is 13.3 Å². The lowest BCUT2D eigenvalue weighted by Crippen LogP contribution is -2.29. The Labute approximate surface area is 114 Å². The number of carbonyl (C=O) groups excluding carboxylic acids is 1. The van der Waals surface area contributed by atoms with Crippen LogP contribution in [0, 0.1) is 5.92 Å². The van der Waals surface area contributed by atoms with Gasteiger partial charge in [-0.2, -0.15) is 0 Å². The topological polar surface area (TPSA) is 58.1 Å². The Morgan fingerprint density at radius 2 is 2.26 bits per heavy atom. The zero-order valence-corrected chi connectivity index (χ0v) is 11.7. The summed E-state index contributed by atoms with van der Waals surface area (Å²) in [7, 11) is 2.07. The van der Waals surface area contributed by atoms with Gasteiger partial charge in [0.25, 0.3) is 0 Å². The van der Waals surface area contributed by atoms with Crippen LogP contribution < -0.4 is 10.2 Å². The van der Waals surface area contributed by atoms with Crippen LogP contribution in [0.25, 0.3) is 0 Å². The number of rotatable bonds is 7. The van der Waals surface area contributed by atoms with Crippen LogP contribution in [0.3, 0.4) is 0 Å². The van der Waals surface area contributed by atoms with Crippen LogP contribution in [0.2, 0.25) is 0 Å². The summed E-state index contributed by atoms with van der Waals surface area (Å²) in [5, 5.41) is 3.15. The van der Waals surface area contributed by atoms with E-state index in [-0.39, 0.29) is 5.78 Å². The Morgan fingerprint density at radius 3 is 2.89 bits per heavy atom. The zero-order chi connectivity index (χ0) is 13.7. The highest BCUT2D eigenvalue weighted by Crippen LogP contribution is 2.28. The molecule has 0 bridgehead atoms. The minimum atomic E-state index is 0.184. The standard InChI is InChI=1S/C14H22N4O/c1-11(19)6-7-15-13-8-14(17-10-16-13)18(2)9-12-4-3-5-12/h8,10,12H,3-7,9H2,1-2H3,(H,15,16,17). The van der Waals surface area contributed by atoms with E-state index in [0.29, 0.717) is 13.0 Å². The number of nitrogens with one attached hydrogen (secondary N) is 1. The van der Waals surface area contributed by atoms with Gasteiger partial charge in [0.05, 0.1) is 0 Å². The number of Topliss-reactive ketones (excluding diaryl/α,β-unsaturated/α-hetero) is 1. The molecule has 5 heteroatoms. The summed E-state index contributed by atoms with van der Waals surface area (Å²) >= 11 is 0. The van der Waals surface area contributed by atoms with Crippen LogP contribution in [0.15, 0.2) is 12.4 Å². The van der Waals surface area contributed by atoms with Gasteiger partial charge >= 0.3 is 0 Å². The molecule has 0 saturated heterocycles. The minimum Gasteiger partial charge on any atom is -0.369 e. The Kier molecular flexibility index (Phi) is 4.71. The molecule has 5 nitrogen and oxygen atoms in total. The maximum atomic E-state index is 10.9. The van der Waals surface area contributed by atoms with Crippen molar-refractivity contribution < 1.29 is 4.79 Å². The van der Waals surface area contributed by atoms with Crippen LogP contribution in [0.4, 0.5) is 11.6 Å². The number of hydrogen-bond acceptors (Lipinski definition) is 5. The fraction of sp³-hybridized carbons (Fsp3) is 0.643. The second-order valence-corrected chi connectivity index (χ2v) is 5.32. The molecule has 0 atom stereocenters. The molecule has 1 aliphatic carbocycles. The first-order chi connectivity index (χ1) is 9.15. The third-order valence-corrected chi connectivity index (χ3v) is 3.58. The first-order valence-electron chi connectivity index (χ1n) is 6.91. The predicted molar refractivity (Wildman–Crippen MR) is 76.4 cm³/mol. The molecule has 1 aromatic rings. The van der Waals surface area contributed by atoms with Crippen molar-refractivity contribution in [2.24, 2.45) is 5.92 Å². The first kappa shape index (κ1) is 13.8. The molecule has 0 unspecified atom stereocenters. The number of nitrogens with zero attached hydrogens (tertiary/aromatic N) is 3. The van der Waals surface area contributed by atoms with Gasteiger partial charge in [-0.15, -0.1) is 0 Å². The van der Waals surface area contributed by atoms with E-state index >= 15 is 0 Å². The fourth-order valence-electron chi connectivity index (χ4n) is 2.18. The van der Waals surface area contributed by atoms with Crippen molar-refractivity contribution in [3.8, 4) is 0 Å². The largest absolute Gasteiger partial charge is 0.369 e. The maximum Gasteiger partial charge on any atom is 0.133 e. The van der Waals surface area contributed by atoms with Crippen LogP contribution in [0.1, 0.15) is 32.6 Å². The monoisotopic (exact) mass is 262 g/mol. The lowest BCUT2D eigenvalue weighted by atomic mass is 9.85. The van der Waals surface area contributed by atoms with E-state index < -0.39 is 0 Å². The molecule has 1 aromatic heterocycles. The molecule has 0 spiro atoms. The summed E-state index contributed by atoms with van der Waals surface area (Å²) in [6.07, 6.45) is 6.12. The van der Waals surface area contributed by atoms with Gasteiger partial charge in [-0.3, -0.25) is 4.79 Å². The zero-order valence-electron chi connectivity index (χ0n) is 11.7. The van der Waals surface area contributed by atoms with Crippen molar-refractivity contribution in [2.75, 3.05) is 30.4 Å². The van der Waals surface area contributed by atoms with Crippen molar-refractivity contribution in [3.05, 3.63) is 12.4 Å². The van der Waals surface area contributed by atoms with Gasteiger partial charge in [-0.25, -0.2) is 9.97 Å². The quantitative estimate of drug-likeness (QED) is 0.815. The highest BCUT2D eigenvalue weighted by molar-refractivity contribution is 5.75. The number of ketones is 1. The molecule has 19 heavy (non-hydrogen) atoms. The highest BCUT2D eigenvalue weighted by Gasteiger charge is 2.19. The van der Waals surface area contributed by atoms with Crippen LogP contribution >= 0.6 is 0 Å². The van der Waals surface area contributed by atoms with E-state index in [9.17, 15) is 4.79 Å². The van der Waals surface area contributed by atoms with Crippen molar-refractivity contribution in [3.63, 3.8) is 0 Å². The number of hydrogen-bond donors (Lipinski definition) is 1. The molecule has 1 N–H and O–H groups in total.